The van der Waals surface area contributed by atoms with Crippen LogP contribution in [0.5, 0.6) is 0 Å². The summed E-state index contributed by atoms with van der Waals surface area (Å²) in [5, 5.41) is 12.4. The van der Waals surface area contributed by atoms with Crippen LogP contribution in [0.4, 0.5) is 5.69 Å². The Bertz CT molecular complexity index is 481. The monoisotopic (exact) mass is 272 g/mol. The molecule has 0 saturated carbocycles. The molecule has 3 rings (SSSR count). The van der Waals surface area contributed by atoms with Crippen LogP contribution in [-0.4, -0.2) is 31.5 Å². The van der Waals surface area contributed by atoms with Crippen molar-refractivity contribution in [3.05, 3.63) is 29.8 Å². The van der Waals surface area contributed by atoms with E-state index in [2.05, 4.69) is 11.4 Å². The first-order valence-electron chi connectivity index (χ1n) is 7.28. The lowest BCUT2D eigenvalue weighted by atomic mass is 9.84. The van der Waals surface area contributed by atoms with Gasteiger partial charge in [0.1, 0.15) is 0 Å². The standard InChI is InChI=1S/C16H20N2O2/c17-12-13-1-3-14(4-2-13)18-15-5-8-20-16(11-15)6-9-19-10-7-16/h1-4,15,18H,5-11H2. The fourth-order valence-corrected chi connectivity index (χ4v) is 3.12. The molecule has 0 aromatic heterocycles. The SMILES string of the molecule is N#Cc1ccc(NC2CCOC3(CCOCC3)C2)cc1. The van der Waals surface area contributed by atoms with Gasteiger partial charge in [0.25, 0.3) is 0 Å². The van der Waals surface area contributed by atoms with Crippen molar-refractivity contribution >= 4 is 5.69 Å². The highest BCUT2D eigenvalue weighted by atomic mass is 16.5. The van der Waals surface area contributed by atoms with Crippen molar-refractivity contribution in [1.82, 2.24) is 0 Å². The molecule has 1 atom stereocenters. The van der Waals surface area contributed by atoms with Gasteiger partial charge in [-0.05, 0) is 49.9 Å². The number of rotatable bonds is 2. The molecule has 2 aliphatic rings. The smallest absolute Gasteiger partial charge is 0.0991 e. The fourth-order valence-electron chi connectivity index (χ4n) is 3.12. The minimum absolute atomic E-state index is 0.0146. The molecule has 2 heterocycles. The zero-order chi connectivity index (χ0) is 13.8. The van der Waals surface area contributed by atoms with Gasteiger partial charge in [0.15, 0.2) is 0 Å². The molecule has 2 saturated heterocycles. The Balaban J connectivity index is 1.63. The first kappa shape index (κ1) is 13.4. The van der Waals surface area contributed by atoms with E-state index >= 15 is 0 Å². The van der Waals surface area contributed by atoms with Crippen LogP contribution in [0.15, 0.2) is 24.3 Å². The lowest BCUT2D eigenvalue weighted by Gasteiger charge is -2.43. The van der Waals surface area contributed by atoms with Crippen molar-refractivity contribution < 1.29 is 9.47 Å². The summed E-state index contributed by atoms with van der Waals surface area (Å²) in [5.41, 5.74) is 1.79. The van der Waals surface area contributed by atoms with Gasteiger partial charge in [-0.2, -0.15) is 5.26 Å². The molecular formula is C16H20N2O2. The molecule has 2 aliphatic heterocycles. The van der Waals surface area contributed by atoms with Crippen LogP contribution in [0, 0.1) is 11.3 Å². The molecule has 1 N–H and O–H groups in total. The molecule has 106 valence electrons. The van der Waals surface area contributed by atoms with Crippen LogP contribution in [0.3, 0.4) is 0 Å². The van der Waals surface area contributed by atoms with E-state index in [0.29, 0.717) is 11.6 Å². The average Bonchev–Trinajstić information content (AvgIpc) is 2.49. The maximum Gasteiger partial charge on any atom is 0.0991 e. The van der Waals surface area contributed by atoms with E-state index in [1.165, 1.54) is 0 Å². The predicted octanol–water partition coefficient (Wildman–Crippen LogP) is 2.70. The molecule has 0 amide bonds. The number of nitrogens with one attached hydrogen (secondary N) is 1. The molecule has 0 bridgehead atoms. The summed E-state index contributed by atoms with van der Waals surface area (Å²) in [7, 11) is 0. The predicted molar refractivity (Wildman–Crippen MR) is 76.5 cm³/mol. The van der Waals surface area contributed by atoms with Gasteiger partial charge in [-0.3, -0.25) is 0 Å². The van der Waals surface area contributed by atoms with Gasteiger partial charge >= 0.3 is 0 Å². The minimum Gasteiger partial charge on any atom is -0.382 e. The van der Waals surface area contributed by atoms with E-state index in [9.17, 15) is 0 Å². The number of hydrogen-bond acceptors (Lipinski definition) is 4. The summed E-state index contributed by atoms with van der Waals surface area (Å²) < 4.78 is 11.5. The molecule has 1 aromatic carbocycles. The van der Waals surface area contributed by atoms with Crippen molar-refractivity contribution in [2.45, 2.75) is 37.3 Å². The number of nitrogens with zero attached hydrogens (tertiary/aromatic N) is 1. The molecule has 4 nitrogen and oxygen atoms in total. The molecule has 1 aromatic rings. The zero-order valence-electron chi connectivity index (χ0n) is 11.6. The molecule has 2 fully saturated rings. The number of ether oxygens (including phenoxy) is 2. The second-order valence-corrected chi connectivity index (χ2v) is 5.67. The van der Waals surface area contributed by atoms with E-state index in [1.807, 2.05) is 24.3 Å². The Labute approximate surface area is 119 Å². The molecule has 4 heteroatoms. The minimum atomic E-state index is 0.0146. The average molecular weight is 272 g/mol. The highest BCUT2D eigenvalue weighted by Crippen LogP contribution is 2.35. The van der Waals surface area contributed by atoms with Gasteiger partial charge in [-0.15, -0.1) is 0 Å². The summed E-state index contributed by atoms with van der Waals surface area (Å²) >= 11 is 0. The van der Waals surface area contributed by atoms with E-state index in [-0.39, 0.29) is 5.60 Å². The van der Waals surface area contributed by atoms with Crippen LogP contribution in [0.2, 0.25) is 0 Å². The third-order valence-electron chi connectivity index (χ3n) is 4.28. The molecule has 0 aliphatic carbocycles. The van der Waals surface area contributed by atoms with Crippen LogP contribution in [0.1, 0.15) is 31.2 Å². The van der Waals surface area contributed by atoms with Crippen molar-refractivity contribution in [2.24, 2.45) is 0 Å². The molecule has 1 spiro atoms. The molecule has 1 unspecified atom stereocenters. The third-order valence-corrected chi connectivity index (χ3v) is 4.28. The highest BCUT2D eigenvalue weighted by molar-refractivity contribution is 5.47. The Morgan fingerprint density at radius 3 is 2.60 bits per heavy atom. The van der Waals surface area contributed by atoms with Crippen LogP contribution in [-0.2, 0) is 9.47 Å². The summed E-state index contributed by atoms with van der Waals surface area (Å²) in [6.45, 7) is 2.43. The van der Waals surface area contributed by atoms with Crippen molar-refractivity contribution in [3.8, 4) is 6.07 Å². The number of hydrogen-bond donors (Lipinski definition) is 1. The zero-order valence-corrected chi connectivity index (χ0v) is 11.6. The van der Waals surface area contributed by atoms with Crippen LogP contribution in [0.25, 0.3) is 0 Å². The van der Waals surface area contributed by atoms with Gasteiger partial charge in [0.2, 0.25) is 0 Å². The number of benzene rings is 1. The van der Waals surface area contributed by atoms with Crippen molar-refractivity contribution in [1.29, 1.82) is 5.26 Å². The summed E-state index contributed by atoms with van der Waals surface area (Å²) in [4.78, 5) is 0. The Morgan fingerprint density at radius 1 is 1.15 bits per heavy atom. The lowest BCUT2D eigenvalue weighted by molar-refractivity contribution is -0.135. The Kier molecular flexibility index (Phi) is 3.90. The maximum absolute atomic E-state index is 8.82. The van der Waals surface area contributed by atoms with Gasteiger partial charge in [0, 0.05) is 31.5 Å². The quantitative estimate of drug-likeness (QED) is 0.899. The summed E-state index contributed by atoms with van der Waals surface area (Å²) in [6.07, 6.45) is 4.07. The third kappa shape index (κ3) is 2.95. The van der Waals surface area contributed by atoms with Crippen LogP contribution >= 0.6 is 0 Å². The second-order valence-electron chi connectivity index (χ2n) is 5.67. The molecule has 0 radical (unpaired) electrons. The van der Waals surface area contributed by atoms with Gasteiger partial charge in [-0.1, -0.05) is 0 Å². The van der Waals surface area contributed by atoms with Crippen molar-refractivity contribution in [3.63, 3.8) is 0 Å². The maximum atomic E-state index is 8.82. The fraction of sp³-hybridized carbons (Fsp3) is 0.562. The molecular weight excluding hydrogens is 252 g/mol. The van der Waals surface area contributed by atoms with Crippen molar-refractivity contribution in [2.75, 3.05) is 25.1 Å². The molecule has 20 heavy (non-hydrogen) atoms. The second kappa shape index (κ2) is 5.82. The van der Waals surface area contributed by atoms with Gasteiger partial charge in [0.05, 0.1) is 17.2 Å². The van der Waals surface area contributed by atoms with E-state index in [1.54, 1.807) is 0 Å². The summed E-state index contributed by atoms with van der Waals surface area (Å²) in [6, 6.07) is 10.2. The topological polar surface area (TPSA) is 54.3 Å². The first-order valence-corrected chi connectivity index (χ1v) is 7.28. The number of nitriles is 1. The highest BCUT2D eigenvalue weighted by Gasteiger charge is 2.38. The van der Waals surface area contributed by atoms with E-state index in [4.69, 9.17) is 14.7 Å². The van der Waals surface area contributed by atoms with Crippen LogP contribution < -0.4 is 5.32 Å². The lowest BCUT2D eigenvalue weighted by Crippen LogP contribution is -2.47. The number of anilines is 1. The first-order chi connectivity index (χ1) is 9.80. The van der Waals surface area contributed by atoms with Gasteiger partial charge < -0.3 is 14.8 Å². The Hall–Kier alpha value is -1.57. The largest absolute Gasteiger partial charge is 0.382 e. The Morgan fingerprint density at radius 2 is 1.90 bits per heavy atom. The van der Waals surface area contributed by atoms with E-state index in [0.717, 1.165) is 51.2 Å². The normalized spacial score (nSPS) is 25.1. The van der Waals surface area contributed by atoms with Gasteiger partial charge in [-0.25, -0.2) is 0 Å². The summed E-state index contributed by atoms with van der Waals surface area (Å²) in [5.74, 6) is 0. The van der Waals surface area contributed by atoms with E-state index < -0.39 is 0 Å².